The largest absolute Gasteiger partial charge is 0.264 e. The Morgan fingerprint density at radius 3 is 2.50 bits per heavy atom. The molecule has 0 amide bonds. The number of aryl methyl sites for hydroxylation is 3. The minimum atomic E-state index is 1.23. The number of nitrogens with zero attached hydrogens (tertiary/aromatic N) is 1. The molecule has 0 aliphatic carbocycles. The van der Waals surface area contributed by atoms with Crippen molar-refractivity contribution < 1.29 is 0 Å². The molecule has 0 unspecified atom stereocenters. The number of benzene rings is 1. The van der Waals surface area contributed by atoms with Crippen molar-refractivity contribution >= 4 is 11.8 Å². The van der Waals surface area contributed by atoms with Crippen LogP contribution in [0.25, 0.3) is 0 Å². The smallest absolute Gasteiger partial charge is 0.0308 e. The van der Waals surface area contributed by atoms with Crippen molar-refractivity contribution in [2.24, 2.45) is 0 Å². The fourth-order valence-corrected chi connectivity index (χ4v) is 2.56. The quantitative estimate of drug-likeness (QED) is 0.767. The molecule has 2 heteroatoms. The van der Waals surface area contributed by atoms with E-state index in [2.05, 4.69) is 50.0 Å². The second-order valence-corrected chi connectivity index (χ2v) is 5.10. The van der Waals surface area contributed by atoms with E-state index in [-0.39, 0.29) is 0 Å². The zero-order chi connectivity index (χ0) is 11.5. The Balaban J connectivity index is 2.34. The van der Waals surface area contributed by atoms with Gasteiger partial charge in [-0.1, -0.05) is 23.9 Å². The molecular formula is C14H15NS. The monoisotopic (exact) mass is 229 g/mol. The summed E-state index contributed by atoms with van der Waals surface area (Å²) in [6, 6.07) is 8.63. The van der Waals surface area contributed by atoms with Crippen LogP contribution in [0.4, 0.5) is 0 Å². The summed E-state index contributed by atoms with van der Waals surface area (Å²) < 4.78 is 0. The summed E-state index contributed by atoms with van der Waals surface area (Å²) in [5.41, 5.74) is 3.86. The van der Waals surface area contributed by atoms with Gasteiger partial charge in [0, 0.05) is 22.2 Å². The van der Waals surface area contributed by atoms with Gasteiger partial charge in [-0.05, 0) is 49.6 Å². The highest BCUT2D eigenvalue weighted by atomic mass is 32.2. The summed E-state index contributed by atoms with van der Waals surface area (Å²) >= 11 is 1.81. The van der Waals surface area contributed by atoms with E-state index in [1.54, 1.807) is 0 Å². The highest BCUT2D eigenvalue weighted by Gasteiger charge is 2.03. The summed E-state index contributed by atoms with van der Waals surface area (Å²) in [5.74, 6) is 0. The van der Waals surface area contributed by atoms with Crippen LogP contribution in [0.1, 0.15) is 16.7 Å². The van der Waals surface area contributed by atoms with Gasteiger partial charge in [-0.15, -0.1) is 0 Å². The average molecular weight is 229 g/mol. The maximum absolute atomic E-state index is 4.11. The third-order valence-electron chi connectivity index (χ3n) is 2.53. The van der Waals surface area contributed by atoms with Gasteiger partial charge in [0.25, 0.3) is 0 Å². The second kappa shape index (κ2) is 4.71. The van der Waals surface area contributed by atoms with E-state index in [1.165, 1.54) is 26.5 Å². The summed E-state index contributed by atoms with van der Waals surface area (Å²) in [6.45, 7) is 6.38. The molecule has 0 aliphatic rings. The first-order chi connectivity index (χ1) is 7.66. The minimum Gasteiger partial charge on any atom is -0.264 e. The van der Waals surface area contributed by atoms with Gasteiger partial charge in [-0.3, -0.25) is 4.98 Å². The van der Waals surface area contributed by atoms with Crippen LogP contribution in [-0.2, 0) is 0 Å². The van der Waals surface area contributed by atoms with Crippen molar-refractivity contribution in [3.05, 3.63) is 53.3 Å². The Bertz CT molecular complexity index is 506. The van der Waals surface area contributed by atoms with E-state index >= 15 is 0 Å². The number of aromatic nitrogens is 1. The van der Waals surface area contributed by atoms with Crippen molar-refractivity contribution in [1.82, 2.24) is 4.98 Å². The topological polar surface area (TPSA) is 12.9 Å². The van der Waals surface area contributed by atoms with Crippen LogP contribution in [0, 0.1) is 20.8 Å². The first kappa shape index (κ1) is 11.2. The van der Waals surface area contributed by atoms with Crippen molar-refractivity contribution in [2.45, 2.75) is 30.6 Å². The van der Waals surface area contributed by atoms with Crippen LogP contribution in [0.15, 0.2) is 46.5 Å². The van der Waals surface area contributed by atoms with E-state index in [4.69, 9.17) is 0 Å². The highest BCUT2D eigenvalue weighted by Crippen LogP contribution is 2.32. The zero-order valence-corrected chi connectivity index (χ0v) is 10.6. The van der Waals surface area contributed by atoms with Crippen molar-refractivity contribution in [3.63, 3.8) is 0 Å². The van der Waals surface area contributed by atoms with Gasteiger partial charge < -0.3 is 0 Å². The molecule has 0 atom stereocenters. The molecule has 82 valence electrons. The Kier molecular flexibility index (Phi) is 3.30. The third kappa shape index (κ3) is 2.45. The molecule has 1 aromatic carbocycles. The normalized spacial score (nSPS) is 10.4. The van der Waals surface area contributed by atoms with Gasteiger partial charge >= 0.3 is 0 Å². The second-order valence-electron chi connectivity index (χ2n) is 4.01. The van der Waals surface area contributed by atoms with E-state index < -0.39 is 0 Å². The van der Waals surface area contributed by atoms with Crippen LogP contribution in [0.5, 0.6) is 0 Å². The maximum Gasteiger partial charge on any atom is 0.0308 e. The molecule has 0 saturated heterocycles. The predicted octanol–water partition coefficient (Wildman–Crippen LogP) is 4.16. The molecule has 0 aliphatic heterocycles. The van der Waals surface area contributed by atoms with Crippen molar-refractivity contribution in [2.75, 3.05) is 0 Å². The fraction of sp³-hybridized carbons (Fsp3) is 0.214. The minimum absolute atomic E-state index is 1.23. The Morgan fingerprint density at radius 2 is 1.75 bits per heavy atom. The first-order valence-corrected chi connectivity index (χ1v) is 6.14. The van der Waals surface area contributed by atoms with Gasteiger partial charge in [0.1, 0.15) is 0 Å². The van der Waals surface area contributed by atoms with Gasteiger partial charge in [-0.25, -0.2) is 0 Å². The summed E-state index contributed by atoms with van der Waals surface area (Å²) in [6.07, 6.45) is 3.76. The van der Waals surface area contributed by atoms with Crippen LogP contribution in [0.3, 0.4) is 0 Å². The molecule has 1 nitrogen and oxygen atoms in total. The fourth-order valence-electron chi connectivity index (χ4n) is 1.51. The molecule has 0 radical (unpaired) electrons. The number of rotatable bonds is 2. The lowest BCUT2D eigenvalue weighted by atomic mass is 10.2. The van der Waals surface area contributed by atoms with E-state index in [9.17, 15) is 0 Å². The molecule has 2 aromatic rings. The molecule has 0 saturated carbocycles. The lowest BCUT2D eigenvalue weighted by Gasteiger charge is -2.08. The Labute approximate surface area is 101 Å². The third-order valence-corrected chi connectivity index (χ3v) is 3.87. The molecule has 16 heavy (non-hydrogen) atoms. The van der Waals surface area contributed by atoms with Crippen molar-refractivity contribution in [1.29, 1.82) is 0 Å². The van der Waals surface area contributed by atoms with Gasteiger partial charge in [-0.2, -0.15) is 0 Å². The number of hydrogen-bond acceptors (Lipinski definition) is 2. The summed E-state index contributed by atoms with van der Waals surface area (Å²) in [5, 5.41) is 0. The predicted molar refractivity (Wildman–Crippen MR) is 69.0 cm³/mol. The van der Waals surface area contributed by atoms with Crippen LogP contribution < -0.4 is 0 Å². The van der Waals surface area contributed by atoms with Crippen LogP contribution in [-0.4, -0.2) is 4.98 Å². The van der Waals surface area contributed by atoms with Crippen LogP contribution in [0.2, 0.25) is 0 Å². The molecule has 0 spiro atoms. The van der Waals surface area contributed by atoms with Crippen molar-refractivity contribution in [3.8, 4) is 0 Å². The zero-order valence-electron chi connectivity index (χ0n) is 9.82. The SMILES string of the molecule is Cc1ccc(C)c(Sc2ccncc2C)c1. The lowest BCUT2D eigenvalue weighted by Crippen LogP contribution is -1.85. The molecule has 0 fully saturated rings. The first-order valence-electron chi connectivity index (χ1n) is 5.32. The molecule has 0 N–H and O–H groups in total. The Hall–Kier alpha value is -1.28. The van der Waals surface area contributed by atoms with Crippen LogP contribution >= 0.6 is 11.8 Å². The lowest BCUT2D eigenvalue weighted by molar-refractivity contribution is 1.17. The van der Waals surface area contributed by atoms with Gasteiger partial charge in [0.15, 0.2) is 0 Å². The molecule has 2 rings (SSSR count). The van der Waals surface area contributed by atoms with E-state index in [0.29, 0.717) is 0 Å². The number of hydrogen-bond donors (Lipinski definition) is 0. The standard InChI is InChI=1S/C14H15NS/c1-10-4-5-11(2)14(8-10)16-13-6-7-15-9-12(13)3/h4-9H,1-3H3. The maximum atomic E-state index is 4.11. The average Bonchev–Trinajstić information content (AvgIpc) is 2.27. The highest BCUT2D eigenvalue weighted by molar-refractivity contribution is 7.99. The van der Waals surface area contributed by atoms with Gasteiger partial charge in [0.05, 0.1) is 0 Å². The summed E-state index contributed by atoms with van der Waals surface area (Å²) in [4.78, 5) is 6.72. The summed E-state index contributed by atoms with van der Waals surface area (Å²) in [7, 11) is 0. The number of pyridine rings is 1. The molecule has 0 bridgehead atoms. The van der Waals surface area contributed by atoms with Gasteiger partial charge in [0.2, 0.25) is 0 Å². The molecule has 1 heterocycles. The van der Waals surface area contributed by atoms with E-state index in [0.717, 1.165) is 0 Å². The Morgan fingerprint density at radius 1 is 0.938 bits per heavy atom. The molecule has 1 aromatic heterocycles. The molecular weight excluding hydrogens is 214 g/mol. The van der Waals surface area contributed by atoms with E-state index in [1.807, 2.05) is 24.2 Å².